The van der Waals surface area contributed by atoms with Gasteiger partial charge in [-0.15, -0.1) is 4.68 Å². The van der Waals surface area contributed by atoms with Crippen LogP contribution in [0.3, 0.4) is 0 Å². The van der Waals surface area contributed by atoms with Gasteiger partial charge in [0.05, 0.1) is 11.6 Å². The van der Waals surface area contributed by atoms with Crippen LogP contribution in [0.5, 0.6) is 5.75 Å². The van der Waals surface area contributed by atoms with Crippen LogP contribution in [-0.4, -0.2) is 70.0 Å². The molecule has 5 aromatic rings. The Labute approximate surface area is 290 Å². The fourth-order valence-electron chi connectivity index (χ4n) is 6.13. The highest BCUT2D eigenvalue weighted by Crippen LogP contribution is 2.40. The van der Waals surface area contributed by atoms with Gasteiger partial charge in [0.25, 0.3) is 6.33 Å². The van der Waals surface area contributed by atoms with E-state index in [1.54, 1.807) is 23.1 Å². The van der Waals surface area contributed by atoms with Crippen molar-refractivity contribution in [2.75, 3.05) is 49.2 Å². The standard InChI is InChI=1S/C35H39Cl2N8O3/c1-3-26(2)45-25-43(24-40-45)30-7-5-28(6-8-30)41-14-16-42(17-15-41)29-9-11-31(12-10-29)46-19-32-20-47-35(48-32,21-44-23-38-22-39-44)33-13-4-27(36)18-34(33)37/h4-13,18,22-26,32H,3,14-17,19-21H2,1-2H3/q+1/t26?,32-,35-/m0/s1. The number of ether oxygens (including phenoxy) is 3. The van der Waals surface area contributed by atoms with Gasteiger partial charge in [-0.25, -0.2) is 14.2 Å². The van der Waals surface area contributed by atoms with E-state index in [0.717, 1.165) is 44.0 Å². The molecule has 0 saturated carbocycles. The van der Waals surface area contributed by atoms with Gasteiger partial charge in [0.1, 0.15) is 49.4 Å². The average Bonchev–Trinajstić information content (AvgIpc) is 3.90. The Morgan fingerprint density at radius 2 is 1.67 bits per heavy atom. The van der Waals surface area contributed by atoms with Crippen LogP contribution in [-0.2, 0) is 21.8 Å². The zero-order valence-electron chi connectivity index (χ0n) is 27.0. The van der Waals surface area contributed by atoms with E-state index in [2.05, 4.69) is 86.1 Å². The van der Waals surface area contributed by atoms with Crippen molar-refractivity contribution >= 4 is 34.6 Å². The van der Waals surface area contributed by atoms with Crippen LogP contribution in [0.4, 0.5) is 11.4 Å². The third-order valence-electron chi connectivity index (χ3n) is 9.06. The molecule has 2 aromatic heterocycles. The smallest absolute Gasteiger partial charge is 0.270 e. The number of piperazine rings is 1. The van der Waals surface area contributed by atoms with E-state index in [1.165, 1.54) is 17.7 Å². The SMILES string of the molecule is CCC(C)n1c[n+](-c2ccc(N3CCN(c4ccc(OC[C@H]5CO[C@](Cn6cncn6)(c6ccc(Cl)cc6Cl)O5)cc4)CC3)cc2)cn1. The summed E-state index contributed by atoms with van der Waals surface area (Å²) in [6.07, 6.45) is 7.75. The van der Waals surface area contributed by atoms with Gasteiger partial charge in [-0.2, -0.15) is 5.10 Å². The van der Waals surface area contributed by atoms with Crippen molar-refractivity contribution < 1.29 is 18.8 Å². The average molecular weight is 691 g/mol. The van der Waals surface area contributed by atoms with Crippen LogP contribution in [0.15, 0.2) is 92.0 Å². The van der Waals surface area contributed by atoms with E-state index in [1.807, 2.05) is 29.2 Å². The van der Waals surface area contributed by atoms with Gasteiger partial charge < -0.3 is 24.0 Å². The predicted octanol–water partition coefficient (Wildman–Crippen LogP) is 5.70. The molecule has 2 aliphatic heterocycles. The molecule has 4 heterocycles. The third-order valence-corrected chi connectivity index (χ3v) is 9.61. The van der Waals surface area contributed by atoms with E-state index in [9.17, 15) is 0 Å². The summed E-state index contributed by atoms with van der Waals surface area (Å²) in [6.45, 7) is 9.06. The third kappa shape index (κ3) is 7.00. The number of hydrogen-bond acceptors (Lipinski definition) is 8. The van der Waals surface area contributed by atoms with Crippen molar-refractivity contribution in [3.8, 4) is 11.4 Å². The Balaban J connectivity index is 0.919. The first kappa shape index (κ1) is 32.4. The Hall–Kier alpha value is -4.16. The summed E-state index contributed by atoms with van der Waals surface area (Å²) >= 11 is 12.7. The molecule has 2 aliphatic rings. The molecule has 0 bridgehead atoms. The van der Waals surface area contributed by atoms with Crippen molar-refractivity contribution in [1.82, 2.24) is 24.5 Å². The minimum absolute atomic E-state index is 0.280. The Bertz CT molecular complexity index is 1790. The summed E-state index contributed by atoms with van der Waals surface area (Å²) in [5.41, 5.74) is 4.20. The molecule has 13 heteroatoms. The molecule has 0 radical (unpaired) electrons. The van der Waals surface area contributed by atoms with Gasteiger partial charge >= 0.3 is 0 Å². The minimum Gasteiger partial charge on any atom is -0.491 e. The first-order valence-electron chi connectivity index (χ1n) is 16.3. The summed E-state index contributed by atoms with van der Waals surface area (Å²) in [5, 5.41) is 9.74. The molecule has 3 atom stereocenters. The molecular formula is C35H39Cl2N8O3+. The molecular weight excluding hydrogens is 651 g/mol. The number of nitrogens with zero attached hydrogens (tertiary/aromatic N) is 8. The maximum Gasteiger partial charge on any atom is 0.270 e. The fraction of sp³-hybridized carbons (Fsp3) is 0.371. The van der Waals surface area contributed by atoms with Crippen LogP contribution in [0.25, 0.3) is 5.69 Å². The van der Waals surface area contributed by atoms with Crippen LogP contribution in [0, 0.1) is 0 Å². The maximum atomic E-state index is 6.59. The second kappa shape index (κ2) is 14.1. The normalized spacial score (nSPS) is 20.3. The number of halogens is 2. The van der Waals surface area contributed by atoms with Gasteiger partial charge in [-0.3, -0.25) is 0 Å². The summed E-state index contributed by atoms with van der Waals surface area (Å²) in [7, 11) is 0. The molecule has 11 nitrogen and oxygen atoms in total. The number of anilines is 2. The van der Waals surface area contributed by atoms with Gasteiger partial charge in [-0.05, 0) is 74.0 Å². The summed E-state index contributed by atoms with van der Waals surface area (Å²) in [6, 6.07) is 22.6. The van der Waals surface area contributed by atoms with Crippen LogP contribution >= 0.6 is 23.2 Å². The van der Waals surface area contributed by atoms with Crippen molar-refractivity contribution in [2.24, 2.45) is 0 Å². The van der Waals surface area contributed by atoms with Gasteiger partial charge in [0.15, 0.2) is 0 Å². The molecule has 3 aromatic carbocycles. The first-order valence-corrected chi connectivity index (χ1v) is 17.0. The zero-order chi connectivity index (χ0) is 33.1. The van der Waals surface area contributed by atoms with E-state index >= 15 is 0 Å². The number of hydrogen-bond donors (Lipinski definition) is 0. The van der Waals surface area contributed by atoms with Crippen molar-refractivity contribution in [3.63, 3.8) is 0 Å². The Morgan fingerprint density at radius 1 is 0.958 bits per heavy atom. The van der Waals surface area contributed by atoms with Gasteiger partial charge in [0.2, 0.25) is 12.1 Å². The molecule has 2 fully saturated rings. The predicted molar refractivity (Wildman–Crippen MR) is 184 cm³/mol. The van der Waals surface area contributed by atoms with Crippen LogP contribution in [0.1, 0.15) is 31.9 Å². The van der Waals surface area contributed by atoms with E-state index in [0.29, 0.717) is 34.9 Å². The van der Waals surface area contributed by atoms with Crippen molar-refractivity contribution in [3.05, 3.63) is 108 Å². The highest BCUT2D eigenvalue weighted by Gasteiger charge is 2.45. The highest BCUT2D eigenvalue weighted by atomic mass is 35.5. The lowest BCUT2D eigenvalue weighted by Gasteiger charge is -2.37. The minimum atomic E-state index is -1.15. The van der Waals surface area contributed by atoms with Gasteiger partial charge in [-0.1, -0.05) is 36.2 Å². The molecule has 0 amide bonds. The Kier molecular flexibility index (Phi) is 9.54. The second-order valence-corrected chi connectivity index (χ2v) is 13.1. The summed E-state index contributed by atoms with van der Waals surface area (Å²) in [5.74, 6) is -0.375. The molecule has 7 rings (SSSR count). The first-order chi connectivity index (χ1) is 23.4. The van der Waals surface area contributed by atoms with E-state index in [4.69, 9.17) is 37.4 Å². The largest absolute Gasteiger partial charge is 0.491 e. The number of rotatable bonds is 11. The van der Waals surface area contributed by atoms with Crippen molar-refractivity contribution in [2.45, 2.75) is 44.7 Å². The maximum absolute atomic E-state index is 6.59. The quantitative estimate of drug-likeness (QED) is 0.163. The fourth-order valence-corrected chi connectivity index (χ4v) is 6.69. The zero-order valence-corrected chi connectivity index (χ0v) is 28.5. The molecule has 0 spiro atoms. The van der Waals surface area contributed by atoms with E-state index in [-0.39, 0.29) is 12.6 Å². The lowest BCUT2D eigenvalue weighted by Crippen LogP contribution is -2.46. The molecule has 0 aliphatic carbocycles. The Morgan fingerprint density at radius 3 is 2.31 bits per heavy atom. The topological polar surface area (TPSA) is 86.6 Å². The lowest BCUT2D eigenvalue weighted by atomic mass is 10.1. The lowest BCUT2D eigenvalue weighted by molar-refractivity contribution is -0.596. The molecule has 0 N–H and O–H groups in total. The summed E-state index contributed by atoms with van der Waals surface area (Å²) in [4.78, 5) is 8.90. The monoisotopic (exact) mass is 689 g/mol. The van der Waals surface area contributed by atoms with E-state index < -0.39 is 5.79 Å². The number of benzene rings is 3. The van der Waals surface area contributed by atoms with Gasteiger partial charge in [0, 0.05) is 53.2 Å². The highest BCUT2D eigenvalue weighted by molar-refractivity contribution is 6.35. The van der Waals surface area contributed by atoms with Crippen LogP contribution < -0.4 is 19.1 Å². The molecule has 48 heavy (non-hydrogen) atoms. The summed E-state index contributed by atoms with van der Waals surface area (Å²) < 4.78 is 24.6. The molecule has 2 saturated heterocycles. The molecule has 250 valence electrons. The van der Waals surface area contributed by atoms with Crippen LogP contribution in [0.2, 0.25) is 10.0 Å². The molecule has 1 unspecified atom stereocenters. The number of aromatic nitrogens is 6. The second-order valence-electron chi connectivity index (χ2n) is 12.2. The van der Waals surface area contributed by atoms with Crippen molar-refractivity contribution in [1.29, 1.82) is 0 Å².